The number of hydrogen-bond acceptors (Lipinski definition) is 3. The van der Waals surface area contributed by atoms with Crippen LogP contribution in [0.15, 0.2) is 24.3 Å². The maximum atomic E-state index is 5.62. The van der Waals surface area contributed by atoms with Crippen molar-refractivity contribution in [3.05, 3.63) is 29.8 Å². The van der Waals surface area contributed by atoms with E-state index < -0.39 is 0 Å². The van der Waals surface area contributed by atoms with Crippen LogP contribution in [-0.4, -0.2) is 24.8 Å². The largest absolute Gasteiger partial charge is 0.493 e. The molecule has 2 rings (SSSR count). The molecule has 0 bridgehead atoms. The zero-order valence-electron chi connectivity index (χ0n) is 10.4. The first kappa shape index (κ1) is 13.3. The minimum absolute atomic E-state index is 0.396. The highest BCUT2D eigenvalue weighted by atomic mass is 32.1. The Balaban J connectivity index is 1.62. The van der Waals surface area contributed by atoms with Gasteiger partial charge < -0.3 is 15.2 Å². The molecule has 1 fully saturated rings. The Hall–Kier alpha value is -1.13. The lowest BCUT2D eigenvalue weighted by atomic mass is 10.2. The molecular formula is C14H19NO2S. The summed E-state index contributed by atoms with van der Waals surface area (Å²) in [6.07, 6.45) is 3.58. The summed E-state index contributed by atoms with van der Waals surface area (Å²) in [4.78, 5) is 0.396. The van der Waals surface area contributed by atoms with Crippen LogP contribution in [-0.2, 0) is 4.74 Å². The third kappa shape index (κ3) is 4.63. The normalized spacial score (nSPS) is 14.4. The van der Waals surface area contributed by atoms with E-state index in [0.717, 1.165) is 36.9 Å². The number of benzene rings is 1. The Labute approximate surface area is 113 Å². The van der Waals surface area contributed by atoms with Crippen molar-refractivity contribution in [3.8, 4) is 5.75 Å². The maximum Gasteiger partial charge on any atom is 0.119 e. The Bertz CT molecular complexity index is 405. The third-order valence-corrected chi connectivity index (χ3v) is 3.11. The SMILES string of the molecule is NC(=S)c1cccc(OCCCOCC2CC2)c1. The van der Waals surface area contributed by atoms with Crippen LogP contribution in [0.5, 0.6) is 5.75 Å². The summed E-state index contributed by atoms with van der Waals surface area (Å²) >= 11 is 4.92. The van der Waals surface area contributed by atoms with E-state index in [9.17, 15) is 0 Å². The molecule has 0 saturated heterocycles. The first-order chi connectivity index (χ1) is 8.75. The van der Waals surface area contributed by atoms with E-state index in [0.29, 0.717) is 11.6 Å². The molecule has 1 aromatic rings. The second kappa shape index (κ2) is 6.71. The molecular weight excluding hydrogens is 246 g/mol. The zero-order chi connectivity index (χ0) is 12.8. The number of ether oxygens (including phenoxy) is 2. The molecule has 1 saturated carbocycles. The average Bonchev–Trinajstić information content (AvgIpc) is 3.18. The molecule has 1 aliphatic rings. The van der Waals surface area contributed by atoms with Crippen LogP contribution in [0.1, 0.15) is 24.8 Å². The van der Waals surface area contributed by atoms with Crippen molar-refractivity contribution in [3.63, 3.8) is 0 Å². The first-order valence-electron chi connectivity index (χ1n) is 6.36. The predicted molar refractivity (Wildman–Crippen MR) is 76.0 cm³/mol. The van der Waals surface area contributed by atoms with Gasteiger partial charge in [-0.25, -0.2) is 0 Å². The summed E-state index contributed by atoms with van der Waals surface area (Å²) in [5.74, 6) is 1.63. The van der Waals surface area contributed by atoms with Crippen molar-refractivity contribution in [1.82, 2.24) is 0 Å². The van der Waals surface area contributed by atoms with Crippen LogP contribution >= 0.6 is 12.2 Å². The highest BCUT2D eigenvalue weighted by Crippen LogP contribution is 2.28. The standard InChI is InChI=1S/C14H19NO2S/c15-14(18)12-3-1-4-13(9-12)17-8-2-7-16-10-11-5-6-11/h1,3-4,9,11H,2,5-8,10H2,(H2,15,18). The van der Waals surface area contributed by atoms with Gasteiger partial charge in [-0.3, -0.25) is 0 Å². The van der Waals surface area contributed by atoms with Gasteiger partial charge in [-0.05, 0) is 30.9 Å². The molecule has 2 N–H and O–H groups in total. The van der Waals surface area contributed by atoms with Crippen molar-refractivity contribution in [1.29, 1.82) is 0 Å². The summed E-state index contributed by atoms with van der Waals surface area (Å²) in [7, 11) is 0. The number of hydrogen-bond donors (Lipinski definition) is 1. The van der Waals surface area contributed by atoms with Crippen molar-refractivity contribution in [2.75, 3.05) is 19.8 Å². The van der Waals surface area contributed by atoms with E-state index >= 15 is 0 Å². The molecule has 0 radical (unpaired) electrons. The second-order valence-electron chi connectivity index (χ2n) is 4.61. The van der Waals surface area contributed by atoms with E-state index in [1.54, 1.807) is 0 Å². The lowest BCUT2D eigenvalue weighted by Gasteiger charge is -2.08. The van der Waals surface area contributed by atoms with Gasteiger partial charge in [0, 0.05) is 25.2 Å². The van der Waals surface area contributed by atoms with E-state index in [-0.39, 0.29) is 0 Å². The maximum absolute atomic E-state index is 5.62. The Morgan fingerprint density at radius 1 is 1.33 bits per heavy atom. The van der Waals surface area contributed by atoms with Gasteiger partial charge in [0.05, 0.1) is 6.61 Å². The Morgan fingerprint density at radius 2 is 2.17 bits per heavy atom. The van der Waals surface area contributed by atoms with Gasteiger partial charge in [0.1, 0.15) is 10.7 Å². The van der Waals surface area contributed by atoms with Crippen LogP contribution in [0.4, 0.5) is 0 Å². The molecule has 18 heavy (non-hydrogen) atoms. The van der Waals surface area contributed by atoms with Gasteiger partial charge in [-0.1, -0.05) is 24.4 Å². The molecule has 1 aliphatic carbocycles. The van der Waals surface area contributed by atoms with Crippen LogP contribution in [0.2, 0.25) is 0 Å². The van der Waals surface area contributed by atoms with Gasteiger partial charge in [0.25, 0.3) is 0 Å². The first-order valence-corrected chi connectivity index (χ1v) is 6.77. The van der Waals surface area contributed by atoms with E-state index in [4.69, 9.17) is 27.4 Å². The van der Waals surface area contributed by atoms with Gasteiger partial charge in [0.15, 0.2) is 0 Å². The number of rotatable bonds is 8. The van der Waals surface area contributed by atoms with Gasteiger partial charge >= 0.3 is 0 Å². The van der Waals surface area contributed by atoms with Gasteiger partial charge in [0.2, 0.25) is 0 Å². The topological polar surface area (TPSA) is 44.5 Å². The van der Waals surface area contributed by atoms with E-state index in [1.165, 1.54) is 12.8 Å². The molecule has 1 aromatic carbocycles. The van der Waals surface area contributed by atoms with E-state index in [1.807, 2.05) is 24.3 Å². The van der Waals surface area contributed by atoms with Crippen LogP contribution in [0.3, 0.4) is 0 Å². The highest BCUT2D eigenvalue weighted by molar-refractivity contribution is 7.80. The van der Waals surface area contributed by atoms with Gasteiger partial charge in [-0.15, -0.1) is 0 Å². The molecule has 4 heteroatoms. The lowest BCUT2D eigenvalue weighted by molar-refractivity contribution is 0.111. The third-order valence-electron chi connectivity index (χ3n) is 2.87. The smallest absolute Gasteiger partial charge is 0.119 e. The minimum Gasteiger partial charge on any atom is -0.493 e. The van der Waals surface area contributed by atoms with Crippen LogP contribution in [0.25, 0.3) is 0 Å². The van der Waals surface area contributed by atoms with E-state index in [2.05, 4.69) is 0 Å². The van der Waals surface area contributed by atoms with Crippen molar-refractivity contribution >= 4 is 17.2 Å². The fourth-order valence-corrected chi connectivity index (χ4v) is 1.75. The molecule has 0 spiro atoms. The lowest BCUT2D eigenvalue weighted by Crippen LogP contribution is -2.09. The average molecular weight is 265 g/mol. The summed E-state index contributed by atoms with van der Waals surface area (Å²) in [5, 5.41) is 0. The predicted octanol–water partition coefficient (Wildman–Crippen LogP) is 2.52. The molecule has 0 aromatic heterocycles. The number of nitrogens with two attached hydrogens (primary N) is 1. The Morgan fingerprint density at radius 3 is 2.89 bits per heavy atom. The summed E-state index contributed by atoms with van der Waals surface area (Å²) in [5.41, 5.74) is 6.41. The van der Waals surface area contributed by atoms with Gasteiger partial charge in [-0.2, -0.15) is 0 Å². The highest BCUT2D eigenvalue weighted by Gasteiger charge is 2.20. The van der Waals surface area contributed by atoms with Crippen LogP contribution in [0, 0.1) is 5.92 Å². The van der Waals surface area contributed by atoms with Crippen molar-refractivity contribution < 1.29 is 9.47 Å². The molecule has 0 atom stereocenters. The van der Waals surface area contributed by atoms with Crippen molar-refractivity contribution in [2.45, 2.75) is 19.3 Å². The summed E-state index contributed by atoms with van der Waals surface area (Å²) in [6.45, 7) is 2.34. The Kier molecular flexibility index (Phi) is 4.96. The molecule has 0 heterocycles. The second-order valence-corrected chi connectivity index (χ2v) is 5.05. The molecule has 0 amide bonds. The molecule has 0 unspecified atom stereocenters. The molecule has 3 nitrogen and oxygen atoms in total. The summed E-state index contributed by atoms with van der Waals surface area (Å²) < 4.78 is 11.2. The van der Waals surface area contributed by atoms with Crippen molar-refractivity contribution in [2.24, 2.45) is 11.7 Å². The zero-order valence-corrected chi connectivity index (χ0v) is 11.2. The van der Waals surface area contributed by atoms with Crippen LogP contribution < -0.4 is 10.5 Å². The number of thiocarbonyl (C=S) groups is 1. The fourth-order valence-electron chi connectivity index (χ4n) is 1.62. The fraction of sp³-hybridized carbons (Fsp3) is 0.500. The quantitative estimate of drug-likeness (QED) is 0.579. The summed E-state index contributed by atoms with van der Waals surface area (Å²) in [6, 6.07) is 7.56. The molecule has 98 valence electrons. The minimum atomic E-state index is 0.396. The monoisotopic (exact) mass is 265 g/mol. The molecule has 0 aliphatic heterocycles.